The molecule has 2 N–H and O–H groups in total. The second-order valence-electron chi connectivity index (χ2n) is 6.62. The van der Waals surface area contributed by atoms with Crippen molar-refractivity contribution in [3.63, 3.8) is 0 Å². The lowest BCUT2D eigenvalue weighted by Crippen LogP contribution is -2.08. The smallest absolute Gasteiger partial charge is 0.118 e. The van der Waals surface area contributed by atoms with Crippen LogP contribution in [0.2, 0.25) is 0 Å². The summed E-state index contributed by atoms with van der Waals surface area (Å²) in [7, 11) is 0. The van der Waals surface area contributed by atoms with E-state index in [0.717, 1.165) is 28.7 Å². The maximum absolute atomic E-state index is 10.1. The van der Waals surface area contributed by atoms with E-state index in [1.807, 2.05) is 38.1 Å². The molecule has 0 aromatic heterocycles. The molecule has 2 heteroatoms. The van der Waals surface area contributed by atoms with Gasteiger partial charge >= 0.3 is 0 Å². The van der Waals surface area contributed by atoms with E-state index in [9.17, 15) is 10.2 Å². The van der Waals surface area contributed by atoms with E-state index in [-0.39, 0.29) is 5.92 Å². The van der Waals surface area contributed by atoms with Crippen LogP contribution in [-0.4, -0.2) is 10.2 Å². The first-order valence-electron chi connectivity index (χ1n) is 8.79. The van der Waals surface area contributed by atoms with Crippen LogP contribution < -0.4 is 0 Å². The third-order valence-corrected chi connectivity index (χ3v) is 4.80. The summed E-state index contributed by atoms with van der Waals surface area (Å²) in [5, 5.41) is 20.2. The van der Waals surface area contributed by atoms with Gasteiger partial charge in [0.25, 0.3) is 0 Å². The molecule has 2 aromatic carbocycles. The van der Waals surface area contributed by atoms with Crippen LogP contribution in [0.1, 0.15) is 52.6 Å². The fraction of sp³-hybridized carbons (Fsp3) is 0.304. The Morgan fingerprint density at radius 1 is 0.840 bits per heavy atom. The highest BCUT2D eigenvalue weighted by Crippen LogP contribution is 2.38. The zero-order chi connectivity index (χ0) is 18.6. The molecule has 0 aliphatic heterocycles. The third kappa shape index (κ3) is 3.96. The van der Waals surface area contributed by atoms with Crippen molar-refractivity contribution in [3.05, 3.63) is 83.0 Å². The maximum Gasteiger partial charge on any atom is 0.118 e. The van der Waals surface area contributed by atoms with Crippen molar-refractivity contribution in [3.8, 4) is 11.5 Å². The predicted molar refractivity (Wildman–Crippen MR) is 106 cm³/mol. The summed E-state index contributed by atoms with van der Waals surface area (Å²) in [4.78, 5) is 0. The van der Waals surface area contributed by atoms with Crippen molar-refractivity contribution < 1.29 is 10.2 Å². The van der Waals surface area contributed by atoms with Crippen molar-refractivity contribution >= 4 is 0 Å². The Hall–Kier alpha value is -2.48. The summed E-state index contributed by atoms with van der Waals surface area (Å²) in [6.07, 6.45) is 6.10. The van der Waals surface area contributed by atoms with Crippen molar-refractivity contribution in [1.29, 1.82) is 0 Å². The number of benzene rings is 2. The van der Waals surface area contributed by atoms with E-state index in [4.69, 9.17) is 0 Å². The molecule has 2 nitrogen and oxygen atoms in total. The molecule has 2 rings (SSSR count). The Labute approximate surface area is 151 Å². The van der Waals surface area contributed by atoms with E-state index in [2.05, 4.69) is 32.2 Å². The largest absolute Gasteiger partial charge is 0.508 e. The topological polar surface area (TPSA) is 40.5 Å². The lowest BCUT2D eigenvalue weighted by molar-refractivity contribution is 0.469. The van der Waals surface area contributed by atoms with Gasteiger partial charge in [0.1, 0.15) is 11.5 Å². The average Bonchev–Trinajstić information content (AvgIpc) is 2.57. The Morgan fingerprint density at radius 3 is 1.56 bits per heavy atom. The Balaban J connectivity index is 2.68. The molecule has 0 amide bonds. The molecule has 0 saturated heterocycles. The quantitative estimate of drug-likeness (QED) is 0.635. The highest BCUT2D eigenvalue weighted by Gasteiger charge is 2.20. The number of hydrogen-bond acceptors (Lipinski definition) is 2. The zero-order valence-electron chi connectivity index (χ0n) is 15.5. The molecule has 0 spiro atoms. The van der Waals surface area contributed by atoms with Crippen molar-refractivity contribution in [2.24, 2.45) is 0 Å². The first kappa shape index (κ1) is 18.9. The second-order valence-corrected chi connectivity index (χ2v) is 6.62. The van der Waals surface area contributed by atoms with Crippen LogP contribution >= 0.6 is 0 Å². The van der Waals surface area contributed by atoms with Crippen LogP contribution in [0.15, 0.2) is 49.6 Å². The Kier molecular flexibility index (Phi) is 6.08. The van der Waals surface area contributed by atoms with E-state index >= 15 is 0 Å². The second kappa shape index (κ2) is 8.06. The summed E-state index contributed by atoms with van der Waals surface area (Å²) in [6, 6.07) is 7.88. The number of aryl methyl sites for hydroxylation is 2. The molecule has 0 atom stereocenters. The molecular weight excluding hydrogens is 308 g/mol. The van der Waals surface area contributed by atoms with E-state index < -0.39 is 0 Å². The average molecular weight is 336 g/mol. The molecule has 0 bridgehead atoms. The third-order valence-electron chi connectivity index (χ3n) is 4.80. The number of allylic oxidation sites excluding steroid dienone is 2. The first-order valence-corrected chi connectivity index (χ1v) is 8.79. The number of phenols is 2. The molecule has 0 unspecified atom stereocenters. The van der Waals surface area contributed by atoms with Gasteiger partial charge in [0, 0.05) is 5.92 Å². The first-order chi connectivity index (χ1) is 11.9. The van der Waals surface area contributed by atoms with Crippen LogP contribution in [0.4, 0.5) is 0 Å². The zero-order valence-corrected chi connectivity index (χ0v) is 15.5. The molecule has 0 radical (unpaired) electrons. The van der Waals surface area contributed by atoms with E-state index in [1.165, 1.54) is 11.1 Å². The Bertz CT molecular complexity index is 722. The molecule has 0 fully saturated rings. The highest BCUT2D eigenvalue weighted by molar-refractivity contribution is 5.51. The van der Waals surface area contributed by atoms with Gasteiger partial charge in [-0.2, -0.15) is 0 Å². The minimum Gasteiger partial charge on any atom is -0.508 e. The van der Waals surface area contributed by atoms with Gasteiger partial charge in [-0.05, 0) is 78.6 Å². The van der Waals surface area contributed by atoms with E-state index in [1.54, 1.807) is 0 Å². The summed E-state index contributed by atoms with van der Waals surface area (Å²) < 4.78 is 0. The van der Waals surface area contributed by atoms with Gasteiger partial charge in [-0.3, -0.25) is 0 Å². The Morgan fingerprint density at radius 2 is 1.24 bits per heavy atom. The molecule has 0 heterocycles. The lowest BCUT2D eigenvalue weighted by atomic mass is 9.81. The summed E-state index contributed by atoms with van der Waals surface area (Å²) in [5.74, 6) is 0.843. The maximum atomic E-state index is 10.1. The molecule has 0 saturated carbocycles. The standard InChI is InChI=1S/C23H28O2/c1-6-9-17-13-22(24)15(4)11-20(17)19(8-3)21-12-16(5)23(25)14-18(21)10-7-2/h6-7,11-14,19,24-25H,1-2,8-10H2,3-5H3. The minimum atomic E-state index is 0.198. The van der Waals surface area contributed by atoms with Gasteiger partial charge in [-0.1, -0.05) is 31.2 Å². The number of phenolic OH excluding ortho intramolecular Hbond substituents is 2. The summed E-state index contributed by atoms with van der Waals surface area (Å²) >= 11 is 0. The van der Waals surface area contributed by atoms with Crippen LogP contribution in [0, 0.1) is 13.8 Å². The number of aromatic hydroxyl groups is 2. The predicted octanol–water partition coefficient (Wildman–Crippen LogP) is 5.71. The van der Waals surface area contributed by atoms with Crippen LogP contribution in [0.5, 0.6) is 11.5 Å². The van der Waals surface area contributed by atoms with Gasteiger partial charge in [-0.25, -0.2) is 0 Å². The molecule has 0 aliphatic carbocycles. The monoisotopic (exact) mass is 336 g/mol. The SMILES string of the molecule is C=CCc1cc(O)c(C)cc1C(CC)c1cc(C)c(O)cc1CC=C. The molecule has 0 aliphatic rings. The van der Waals surface area contributed by atoms with Crippen molar-refractivity contribution in [1.82, 2.24) is 0 Å². The summed E-state index contributed by atoms with van der Waals surface area (Å²) in [5.41, 5.74) is 6.38. The van der Waals surface area contributed by atoms with Gasteiger partial charge in [0.05, 0.1) is 0 Å². The normalized spacial score (nSPS) is 10.9. The summed E-state index contributed by atoms with van der Waals surface area (Å²) in [6.45, 7) is 13.7. The number of hydrogen-bond donors (Lipinski definition) is 2. The molecule has 25 heavy (non-hydrogen) atoms. The highest BCUT2D eigenvalue weighted by atomic mass is 16.3. The van der Waals surface area contributed by atoms with Gasteiger partial charge in [-0.15, -0.1) is 13.2 Å². The van der Waals surface area contributed by atoms with E-state index in [0.29, 0.717) is 24.3 Å². The molecular formula is C23H28O2. The lowest BCUT2D eigenvalue weighted by Gasteiger charge is -2.24. The van der Waals surface area contributed by atoms with Crippen LogP contribution in [0.3, 0.4) is 0 Å². The van der Waals surface area contributed by atoms with Gasteiger partial charge in [0.2, 0.25) is 0 Å². The van der Waals surface area contributed by atoms with Crippen LogP contribution in [-0.2, 0) is 12.8 Å². The fourth-order valence-electron chi connectivity index (χ4n) is 3.44. The number of rotatable bonds is 7. The minimum absolute atomic E-state index is 0.198. The molecule has 132 valence electrons. The van der Waals surface area contributed by atoms with Crippen molar-refractivity contribution in [2.75, 3.05) is 0 Å². The van der Waals surface area contributed by atoms with Crippen molar-refractivity contribution in [2.45, 2.75) is 46.0 Å². The molecule has 2 aromatic rings. The van der Waals surface area contributed by atoms with Crippen LogP contribution in [0.25, 0.3) is 0 Å². The van der Waals surface area contributed by atoms with Gasteiger partial charge < -0.3 is 10.2 Å². The fourth-order valence-corrected chi connectivity index (χ4v) is 3.44. The van der Waals surface area contributed by atoms with Gasteiger partial charge in [0.15, 0.2) is 0 Å².